The van der Waals surface area contributed by atoms with Crippen LogP contribution in [0.4, 0.5) is 30.7 Å². The minimum Gasteiger partial charge on any atom is -0.269 e. The van der Waals surface area contributed by atoms with Crippen LogP contribution in [0.3, 0.4) is 0 Å². The zero-order chi connectivity index (χ0) is 23.4. The first-order chi connectivity index (χ1) is 14.8. The van der Waals surface area contributed by atoms with Gasteiger partial charge in [-0.15, -0.1) is 0 Å². The molecular formula is C17H7ClF7N5OS. The lowest BCUT2D eigenvalue weighted by Gasteiger charge is -2.08. The van der Waals surface area contributed by atoms with E-state index in [1.807, 2.05) is 0 Å². The van der Waals surface area contributed by atoms with E-state index in [2.05, 4.69) is 15.1 Å². The van der Waals surface area contributed by atoms with Crippen LogP contribution >= 0.6 is 22.9 Å². The number of nitrogens with zero attached hydrogens (tertiary/aromatic N) is 5. The van der Waals surface area contributed by atoms with Gasteiger partial charge in [0.05, 0.1) is 24.1 Å². The van der Waals surface area contributed by atoms with E-state index in [1.165, 1.54) is 0 Å². The molecule has 0 aliphatic rings. The summed E-state index contributed by atoms with van der Waals surface area (Å²) >= 11 is 5.86. The van der Waals surface area contributed by atoms with Crippen LogP contribution in [-0.4, -0.2) is 24.1 Å². The molecule has 0 amide bonds. The molecule has 0 radical (unpaired) electrons. The number of fused-ring (bicyclic) bond motifs is 1. The zero-order valence-electron chi connectivity index (χ0n) is 15.2. The molecule has 0 saturated heterocycles. The van der Waals surface area contributed by atoms with Crippen LogP contribution in [0.1, 0.15) is 16.3 Å². The van der Waals surface area contributed by atoms with Crippen molar-refractivity contribution in [2.75, 3.05) is 0 Å². The Balaban J connectivity index is 1.87. The van der Waals surface area contributed by atoms with Gasteiger partial charge in [0.1, 0.15) is 15.8 Å². The van der Waals surface area contributed by atoms with Crippen LogP contribution in [-0.2, 0) is 18.9 Å². The summed E-state index contributed by atoms with van der Waals surface area (Å²) in [5.41, 5.74) is -3.37. The third-order valence-electron chi connectivity index (χ3n) is 4.14. The van der Waals surface area contributed by atoms with Crippen molar-refractivity contribution < 1.29 is 30.7 Å². The van der Waals surface area contributed by atoms with Crippen molar-refractivity contribution in [2.24, 2.45) is 0 Å². The fourth-order valence-electron chi connectivity index (χ4n) is 2.89. The topological polar surface area (TPSA) is 65.1 Å². The predicted molar refractivity (Wildman–Crippen MR) is 98.9 cm³/mol. The highest BCUT2D eigenvalue weighted by Crippen LogP contribution is 2.42. The monoisotopic (exact) mass is 497 g/mol. The number of aromatic nitrogens is 5. The Bertz CT molecular complexity index is 1390. The van der Waals surface area contributed by atoms with Gasteiger partial charge in [-0.2, -0.15) is 31.4 Å². The molecule has 0 aliphatic heterocycles. The van der Waals surface area contributed by atoms with Crippen molar-refractivity contribution in [1.82, 2.24) is 24.1 Å². The standard InChI is InChI=1S/C17H7ClF7N5OS/c18-11-3-10(16(20,21)22)28-29(11)6-9-2-12(31)30-13(7-1-8(19)5-26-4-7)14(17(23,24)25)32-15(30)27-9/h1-5H,6H2. The summed E-state index contributed by atoms with van der Waals surface area (Å²) in [6, 6.07) is 2.18. The van der Waals surface area contributed by atoms with Crippen molar-refractivity contribution >= 4 is 27.9 Å². The van der Waals surface area contributed by atoms with E-state index in [-0.39, 0.29) is 22.6 Å². The molecule has 4 heterocycles. The number of rotatable bonds is 3. The first-order valence-corrected chi connectivity index (χ1v) is 9.58. The highest BCUT2D eigenvalue weighted by Gasteiger charge is 2.39. The van der Waals surface area contributed by atoms with E-state index in [9.17, 15) is 35.5 Å². The minimum absolute atomic E-state index is 0.118. The van der Waals surface area contributed by atoms with Crippen molar-refractivity contribution in [3.05, 3.63) is 68.2 Å². The molecule has 0 aliphatic carbocycles. The van der Waals surface area contributed by atoms with Crippen LogP contribution in [0.25, 0.3) is 16.2 Å². The molecule has 6 nitrogen and oxygen atoms in total. The number of hydrogen-bond acceptors (Lipinski definition) is 5. The van der Waals surface area contributed by atoms with Gasteiger partial charge in [0.15, 0.2) is 10.7 Å². The molecule has 168 valence electrons. The summed E-state index contributed by atoms with van der Waals surface area (Å²) in [5.74, 6) is -0.915. The molecule has 4 aromatic heterocycles. The van der Waals surface area contributed by atoms with Crippen LogP contribution in [0.15, 0.2) is 35.4 Å². The van der Waals surface area contributed by atoms with Gasteiger partial charge in [0.2, 0.25) is 0 Å². The Labute approximate surface area is 181 Å². The third-order valence-corrected chi connectivity index (χ3v) is 5.53. The SMILES string of the molecule is O=c1cc(Cn2nc(C(F)(F)F)cc2Cl)nc2sc(C(F)(F)F)c(-c3cncc(F)c3)n12. The highest BCUT2D eigenvalue weighted by atomic mass is 35.5. The molecule has 4 aromatic rings. The second kappa shape index (κ2) is 7.55. The van der Waals surface area contributed by atoms with Gasteiger partial charge in [-0.05, 0) is 6.07 Å². The lowest BCUT2D eigenvalue weighted by molar-refractivity contribution is -0.141. The van der Waals surface area contributed by atoms with Crippen LogP contribution in [0.5, 0.6) is 0 Å². The van der Waals surface area contributed by atoms with Gasteiger partial charge in [-0.25, -0.2) is 14.1 Å². The van der Waals surface area contributed by atoms with E-state index in [1.54, 1.807) is 0 Å². The summed E-state index contributed by atoms with van der Waals surface area (Å²) in [5, 5.41) is 2.88. The number of alkyl halides is 6. The second-order valence-corrected chi connectivity index (χ2v) is 7.75. The average molecular weight is 498 g/mol. The van der Waals surface area contributed by atoms with E-state index in [0.29, 0.717) is 15.1 Å². The molecule has 4 rings (SSSR count). The molecule has 0 unspecified atom stereocenters. The van der Waals surface area contributed by atoms with Gasteiger partial charge in [0.25, 0.3) is 5.56 Å². The maximum Gasteiger partial charge on any atom is 0.435 e. The van der Waals surface area contributed by atoms with Crippen molar-refractivity contribution in [2.45, 2.75) is 18.9 Å². The predicted octanol–water partition coefficient (Wildman–Crippen LogP) is 4.89. The van der Waals surface area contributed by atoms with Gasteiger partial charge in [-0.3, -0.25) is 14.2 Å². The summed E-state index contributed by atoms with van der Waals surface area (Å²) in [6.45, 7) is -0.503. The van der Waals surface area contributed by atoms with Gasteiger partial charge >= 0.3 is 12.4 Å². The maximum atomic E-state index is 13.6. The largest absolute Gasteiger partial charge is 0.435 e. The summed E-state index contributed by atoms with van der Waals surface area (Å²) in [4.78, 5) is 18.5. The Morgan fingerprint density at radius 2 is 1.75 bits per heavy atom. The number of pyridine rings is 1. The quantitative estimate of drug-likeness (QED) is 0.378. The molecule has 0 saturated carbocycles. The molecule has 32 heavy (non-hydrogen) atoms. The molecule has 0 aromatic carbocycles. The van der Waals surface area contributed by atoms with E-state index < -0.39 is 56.7 Å². The molecule has 0 atom stereocenters. The zero-order valence-corrected chi connectivity index (χ0v) is 16.7. The minimum atomic E-state index is -4.90. The molecule has 0 spiro atoms. The van der Waals surface area contributed by atoms with E-state index >= 15 is 0 Å². The van der Waals surface area contributed by atoms with Crippen LogP contribution < -0.4 is 5.56 Å². The number of thiazole rings is 1. The Kier molecular flexibility index (Phi) is 5.24. The smallest absolute Gasteiger partial charge is 0.269 e. The Morgan fingerprint density at radius 1 is 1.03 bits per heavy atom. The third kappa shape index (κ3) is 4.07. The van der Waals surface area contributed by atoms with Crippen LogP contribution in [0.2, 0.25) is 5.15 Å². The number of hydrogen-bond donors (Lipinski definition) is 0. The second-order valence-electron chi connectivity index (χ2n) is 6.38. The van der Waals surface area contributed by atoms with Gasteiger partial charge in [-0.1, -0.05) is 22.9 Å². The molecule has 0 bridgehead atoms. The normalized spacial score (nSPS) is 12.6. The molecular weight excluding hydrogens is 491 g/mol. The maximum absolute atomic E-state index is 13.6. The lowest BCUT2D eigenvalue weighted by atomic mass is 10.2. The fourth-order valence-corrected chi connectivity index (χ4v) is 4.13. The van der Waals surface area contributed by atoms with E-state index in [0.717, 1.165) is 24.5 Å². The van der Waals surface area contributed by atoms with Crippen molar-refractivity contribution in [3.63, 3.8) is 0 Å². The van der Waals surface area contributed by atoms with E-state index in [4.69, 9.17) is 11.6 Å². The molecule has 15 heteroatoms. The first-order valence-electron chi connectivity index (χ1n) is 8.39. The summed E-state index contributed by atoms with van der Waals surface area (Å²) < 4.78 is 94.2. The first kappa shape index (κ1) is 22.2. The Morgan fingerprint density at radius 3 is 2.34 bits per heavy atom. The van der Waals surface area contributed by atoms with Crippen molar-refractivity contribution in [1.29, 1.82) is 0 Å². The molecule has 0 fully saturated rings. The Hall–Kier alpha value is -3.00. The van der Waals surface area contributed by atoms with Crippen LogP contribution in [0, 0.1) is 5.82 Å². The summed E-state index contributed by atoms with van der Waals surface area (Å²) in [7, 11) is 0. The highest BCUT2D eigenvalue weighted by molar-refractivity contribution is 7.17. The van der Waals surface area contributed by atoms with Gasteiger partial charge < -0.3 is 0 Å². The summed E-state index contributed by atoms with van der Waals surface area (Å²) in [6.07, 6.45) is -7.93. The van der Waals surface area contributed by atoms with Gasteiger partial charge in [0, 0.05) is 23.9 Å². The molecule has 0 N–H and O–H groups in total. The fraction of sp³-hybridized carbons (Fsp3) is 0.176. The number of halogens is 8. The average Bonchev–Trinajstić information content (AvgIpc) is 3.23. The van der Waals surface area contributed by atoms with Crippen molar-refractivity contribution in [3.8, 4) is 11.3 Å². The lowest BCUT2D eigenvalue weighted by Crippen LogP contribution is -2.18.